The minimum atomic E-state index is 0.460. The van der Waals surface area contributed by atoms with Crippen molar-refractivity contribution in [2.75, 3.05) is 52.4 Å². The molecule has 3 saturated heterocycles. The Morgan fingerprint density at radius 3 is 2.42 bits per heavy atom. The third kappa shape index (κ3) is 3.69. The minimum absolute atomic E-state index is 0.460. The van der Waals surface area contributed by atoms with Crippen LogP contribution in [-0.2, 0) is 0 Å². The summed E-state index contributed by atoms with van der Waals surface area (Å²) in [6.45, 7) is 10.2. The van der Waals surface area contributed by atoms with Crippen LogP contribution in [0.4, 0.5) is 0 Å². The number of likely N-dealkylation sites (tertiary alicyclic amines) is 1. The lowest BCUT2D eigenvalue weighted by Gasteiger charge is -2.44. The monoisotopic (exact) mass is 266 g/mol. The summed E-state index contributed by atoms with van der Waals surface area (Å²) in [5.74, 6) is 0. The van der Waals surface area contributed by atoms with Crippen molar-refractivity contribution in [1.29, 1.82) is 0 Å². The third-order valence-electron chi connectivity index (χ3n) is 5.29. The largest absolute Gasteiger partial charge is 0.328 e. The van der Waals surface area contributed by atoms with Crippen LogP contribution in [0.1, 0.15) is 32.1 Å². The van der Waals surface area contributed by atoms with E-state index in [1.54, 1.807) is 0 Å². The number of nitrogens with zero attached hydrogens (tertiary/aromatic N) is 3. The Morgan fingerprint density at radius 2 is 1.58 bits per heavy atom. The normalized spacial score (nSPS) is 32.4. The first-order valence-electron chi connectivity index (χ1n) is 8.25. The minimum Gasteiger partial charge on any atom is -0.328 e. The molecule has 19 heavy (non-hydrogen) atoms. The van der Waals surface area contributed by atoms with Crippen molar-refractivity contribution in [3.8, 4) is 0 Å². The van der Waals surface area contributed by atoms with Crippen LogP contribution in [0.5, 0.6) is 0 Å². The molecule has 0 aliphatic carbocycles. The number of hydrogen-bond donors (Lipinski definition) is 1. The van der Waals surface area contributed by atoms with Crippen LogP contribution in [-0.4, -0.2) is 79.1 Å². The van der Waals surface area contributed by atoms with Gasteiger partial charge in [0.1, 0.15) is 0 Å². The van der Waals surface area contributed by atoms with Gasteiger partial charge in [0.05, 0.1) is 0 Å². The van der Waals surface area contributed by atoms with Crippen molar-refractivity contribution in [3.05, 3.63) is 0 Å². The van der Waals surface area contributed by atoms with Gasteiger partial charge in [-0.3, -0.25) is 9.80 Å². The van der Waals surface area contributed by atoms with E-state index in [1.807, 2.05) is 0 Å². The van der Waals surface area contributed by atoms with Crippen LogP contribution in [0.25, 0.3) is 0 Å². The highest BCUT2D eigenvalue weighted by atomic mass is 15.3. The highest BCUT2D eigenvalue weighted by molar-refractivity contribution is 4.85. The van der Waals surface area contributed by atoms with Crippen LogP contribution in [0.15, 0.2) is 0 Å². The summed E-state index contributed by atoms with van der Waals surface area (Å²) in [7, 11) is 0. The molecule has 2 N–H and O–H groups in total. The number of nitrogens with two attached hydrogens (primary N) is 1. The number of piperazine rings is 1. The second-order valence-electron chi connectivity index (χ2n) is 6.67. The van der Waals surface area contributed by atoms with Gasteiger partial charge in [0, 0.05) is 44.8 Å². The summed E-state index contributed by atoms with van der Waals surface area (Å²) >= 11 is 0. The van der Waals surface area contributed by atoms with Gasteiger partial charge in [0.25, 0.3) is 0 Å². The van der Waals surface area contributed by atoms with E-state index in [9.17, 15) is 0 Å². The summed E-state index contributed by atoms with van der Waals surface area (Å²) in [6, 6.07) is 1.32. The summed E-state index contributed by atoms with van der Waals surface area (Å²) in [5.41, 5.74) is 5.97. The van der Waals surface area contributed by atoms with Gasteiger partial charge in [-0.15, -0.1) is 0 Å². The topological polar surface area (TPSA) is 35.7 Å². The van der Waals surface area contributed by atoms with Crippen LogP contribution in [0.3, 0.4) is 0 Å². The number of piperidine rings is 2. The Bertz CT molecular complexity index is 275. The predicted molar refractivity (Wildman–Crippen MR) is 79.3 cm³/mol. The lowest BCUT2D eigenvalue weighted by Crippen LogP contribution is -2.56. The van der Waals surface area contributed by atoms with Crippen molar-refractivity contribution in [1.82, 2.24) is 14.7 Å². The Morgan fingerprint density at radius 1 is 0.789 bits per heavy atom. The Balaban J connectivity index is 1.39. The summed E-state index contributed by atoms with van der Waals surface area (Å²) < 4.78 is 0. The molecule has 3 aliphatic heterocycles. The maximum Gasteiger partial charge on any atom is 0.0223 e. The lowest BCUT2D eigenvalue weighted by atomic mass is 9.99. The number of hydrogen-bond acceptors (Lipinski definition) is 4. The second-order valence-corrected chi connectivity index (χ2v) is 6.67. The number of rotatable bonds is 3. The molecule has 4 nitrogen and oxygen atoms in total. The molecular weight excluding hydrogens is 236 g/mol. The average Bonchev–Trinajstić information content (AvgIpc) is 2.46. The molecule has 0 spiro atoms. The van der Waals surface area contributed by atoms with Crippen molar-refractivity contribution < 1.29 is 0 Å². The molecule has 3 aliphatic rings. The van der Waals surface area contributed by atoms with E-state index in [0.29, 0.717) is 6.04 Å². The molecule has 0 aromatic heterocycles. The van der Waals surface area contributed by atoms with Gasteiger partial charge < -0.3 is 10.6 Å². The maximum atomic E-state index is 5.97. The van der Waals surface area contributed by atoms with E-state index >= 15 is 0 Å². The quantitative estimate of drug-likeness (QED) is 0.810. The fourth-order valence-electron chi connectivity index (χ4n) is 3.88. The molecule has 0 aromatic rings. The predicted octanol–water partition coefficient (Wildman–Crippen LogP) is 0.580. The highest BCUT2D eigenvalue weighted by Crippen LogP contribution is 2.21. The zero-order valence-electron chi connectivity index (χ0n) is 12.3. The summed E-state index contributed by atoms with van der Waals surface area (Å²) in [5, 5.41) is 0. The van der Waals surface area contributed by atoms with Gasteiger partial charge in [0.2, 0.25) is 0 Å². The molecule has 4 heteroatoms. The molecular formula is C15H30N4. The molecule has 0 saturated carbocycles. The Kier molecular flexibility index (Phi) is 4.74. The van der Waals surface area contributed by atoms with Gasteiger partial charge in [-0.1, -0.05) is 6.42 Å². The first-order chi connectivity index (χ1) is 9.31. The van der Waals surface area contributed by atoms with Gasteiger partial charge in [0.15, 0.2) is 0 Å². The zero-order chi connectivity index (χ0) is 13.1. The van der Waals surface area contributed by atoms with Crippen LogP contribution >= 0.6 is 0 Å². The van der Waals surface area contributed by atoms with Crippen molar-refractivity contribution in [2.24, 2.45) is 5.73 Å². The molecule has 0 aromatic carbocycles. The molecule has 3 rings (SSSR count). The standard InChI is InChI=1S/C15H30N4/c16-14-4-7-17(8-5-14)9-10-18-11-12-19-6-2-1-3-15(19)13-18/h14-15H,1-13,16H2. The smallest absolute Gasteiger partial charge is 0.0223 e. The molecule has 0 bridgehead atoms. The Hall–Kier alpha value is -0.160. The fourth-order valence-corrected chi connectivity index (χ4v) is 3.88. The maximum absolute atomic E-state index is 5.97. The molecule has 0 amide bonds. The van der Waals surface area contributed by atoms with E-state index in [0.717, 1.165) is 6.04 Å². The van der Waals surface area contributed by atoms with Gasteiger partial charge in [-0.05, 0) is 45.3 Å². The Labute approximate surface area is 117 Å². The lowest BCUT2D eigenvalue weighted by molar-refractivity contribution is 0.0429. The zero-order valence-corrected chi connectivity index (χ0v) is 12.3. The van der Waals surface area contributed by atoms with E-state index < -0.39 is 0 Å². The van der Waals surface area contributed by atoms with Crippen molar-refractivity contribution in [3.63, 3.8) is 0 Å². The SMILES string of the molecule is NC1CCN(CCN2CCN3CCCCC3C2)CC1. The van der Waals surface area contributed by atoms with E-state index in [-0.39, 0.29) is 0 Å². The second kappa shape index (κ2) is 6.53. The third-order valence-corrected chi connectivity index (χ3v) is 5.29. The van der Waals surface area contributed by atoms with E-state index in [2.05, 4.69) is 14.7 Å². The molecule has 3 heterocycles. The van der Waals surface area contributed by atoms with E-state index in [1.165, 1.54) is 84.5 Å². The fraction of sp³-hybridized carbons (Fsp3) is 1.00. The first kappa shape index (κ1) is 13.8. The van der Waals surface area contributed by atoms with Gasteiger partial charge in [-0.25, -0.2) is 0 Å². The highest BCUT2D eigenvalue weighted by Gasteiger charge is 2.28. The molecule has 1 unspecified atom stereocenters. The molecule has 1 atom stereocenters. The van der Waals surface area contributed by atoms with Crippen molar-refractivity contribution >= 4 is 0 Å². The van der Waals surface area contributed by atoms with Crippen LogP contribution < -0.4 is 5.73 Å². The molecule has 0 radical (unpaired) electrons. The van der Waals surface area contributed by atoms with Gasteiger partial charge in [-0.2, -0.15) is 0 Å². The van der Waals surface area contributed by atoms with Crippen LogP contribution in [0, 0.1) is 0 Å². The van der Waals surface area contributed by atoms with Crippen LogP contribution in [0.2, 0.25) is 0 Å². The number of fused-ring (bicyclic) bond motifs is 1. The molecule has 3 fully saturated rings. The van der Waals surface area contributed by atoms with Crippen molar-refractivity contribution in [2.45, 2.75) is 44.2 Å². The summed E-state index contributed by atoms with van der Waals surface area (Å²) in [6.07, 6.45) is 6.67. The summed E-state index contributed by atoms with van der Waals surface area (Å²) in [4.78, 5) is 8.03. The van der Waals surface area contributed by atoms with E-state index in [4.69, 9.17) is 5.73 Å². The molecule has 110 valence electrons. The average molecular weight is 266 g/mol. The first-order valence-corrected chi connectivity index (χ1v) is 8.25. The van der Waals surface area contributed by atoms with Gasteiger partial charge >= 0.3 is 0 Å².